The van der Waals surface area contributed by atoms with E-state index in [1.807, 2.05) is 25.1 Å². The molecule has 0 spiro atoms. The number of nitrogens with zero attached hydrogens (tertiary/aromatic N) is 2. The number of fused-ring (bicyclic) bond motifs is 1. The monoisotopic (exact) mass is 364 g/mol. The number of rotatable bonds is 5. The molecule has 3 aromatic rings. The number of nitrogens with one attached hydrogen (secondary N) is 1. The maximum atomic E-state index is 12.4. The van der Waals surface area contributed by atoms with Crippen molar-refractivity contribution >= 4 is 34.1 Å². The third-order valence-electron chi connectivity index (χ3n) is 3.87. The van der Waals surface area contributed by atoms with Crippen LogP contribution in [0.1, 0.15) is 30.0 Å². The van der Waals surface area contributed by atoms with Gasteiger partial charge < -0.3 is 20.2 Å². The Morgan fingerprint density at radius 1 is 1.07 bits per heavy atom. The molecular weight excluding hydrogens is 344 g/mol. The molecular formula is C20H20N4O3. The molecule has 0 bridgehead atoms. The second kappa shape index (κ2) is 7.74. The van der Waals surface area contributed by atoms with Crippen molar-refractivity contribution in [3.8, 4) is 5.75 Å². The lowest BCUT2D eigenvalue weighted by molar-refractivity contribution is 0.0998. The second-order valence-electron chi connectivity index (χ2n) is 5.97. The number of hydrogen-bond acceptors (Lipinski definition) is 5. The van der Waals surface area contributed by atoms with Gasteiger partial charge in [0.25, 0.3) is 5.91 Å². The Kier molecular flexibility index (Phi) is 5.21. The Morgan fingerprint density at radius 3 is 2.48 bits per heavy atom. The van der Waals surface area contributed by atoms with Gasteiger partial charge in [0.1, 0.15) is 17.2 Å². The topological polar surface area (TPSA) is 102 Å². The van der Waals surface area contributed by atoms with Crippen molar-refractivity contribution in [2.75, 3.05) is 12.4 Å². The van der Waals surface area contributed by atoms with Gasteiger partial charge in [-0.3, -0.25) is 4.79 Å². The number of carbonyl (C=O) groups is 1. The number of amidine groups is 1. The van der Waals surface area contributed by atoms with E-state index >= 15 is 0 Å². The number of methoxy groups -OCH3 is 1. The highest BCUT2D eigenvalue weighted by Gasteiger charge is 2.13. The van der Waals surface area contributed by atoms with Gasteiger partial charge in [-0.2, -0.15) is 5.10 Å². The zero-order valence-electron chi connectivity index (χ0n) is 15.3. The summed E-state index contributed by atoms with van der Waals surface area (Å²) in [7, 11) is 1.59. The lowest BCUT2D eigenvalue weighted by atomic mass is 10.1. The zero-order chi connectivity index (χ0) is 19.4. The Balaban J connectivity index is 1.74. The molecule has 7 heteroatoms. The molecule has 0 saturated heterocycles. The first-order valence-corrected chi connectivity index (χ1v) is 8.30. The Hall–Kier alpha value is -3.61. The first-order valence-electron chi connectivity index (χ1n) is 8.30. The van der Waals surface area contributed by atoms with Crippen molar-refractivity contribution in [2.24, 2.45) is 15.9 Å². The van der Waals surface area contributed by atoms with Gasteiger partial charge in [-0.25, -0.2) is 0 Å². The van der Waals surface area contributed by atoms with Crippen molar-refractivity contribution in [1.82, 2.24) is 0 Å². The molecule has 1 aromatic heterocycles. The number of amides is 1. The molecule has 1 heterocycles. The molecule has 138 valence electrons. The summed E-state index contributed by atoms with van der Waals surface area (Å²) >= 11 is 0. The Labute approximate surface area is 156 Å². The van der Waals surface area contributed by atoms with Crippen molar-refractivity contribution in [3.63, 3.8) is 0 Å². The molecule has 0 radical (unpaired) electrons. The number of nitrogens with two attached hydrogens (primary N) is 1. The van der Waals surface area contributed by atoms with E-state index in [1.54, 1.807) is 44.4 Å². The van der Waals surface area contributed by atoms with E-state index in [0.29, 0.717) is 22.9 Å². The molecule has 0 aliphatic rings. The van der Waals surface area contributed by atoms with E-state index in [9.17, 15) is 4.79 Å². The first kappa shape index (κ1) is 18.2. The molecule has 0 aliphatic carbocycles. The summed E-state index contributed by atoms with van der Waals surface area (Å²) in [6, 6.07) is 14.3. The van der Waals surface area contributed by atoms with Gasteiger partial charge in [-0.05, 0) is 55.8 Å². The van der Waals surface area contributed by atoms with Gasteiger partial charge in [0.05, 0.1) is 12.8 Å². The highest BCUT2D eigenvalue weighted by Crippen LogP contribution is 2.24. The van der Waals surface area contributed by atoms with Gasteiger partial charge in [0.2, 0.25) is 0 Å². The van der Waals surface area contributed by atoms with Gasteiger partial charge in [-0.1, -0.05) is 12.1 Å². The van der Waals surface area contributed by atoms with Crippen LogP contribution in [0.25, 0.3) is 11.0 Å². The summed E-state index contributed by atoms with van der Waals surface area (Å²) in [5, 5.41) is 11.5. The quantitative estimate of drug-likeness (QED) is 0.408. The maximum Gasteiger partial charge on any atom is 0.291 e. The summed E-state index contributed by atoms with van der Waals surface area (Å²) in [6.45, 7) is 3.51. The zero-order valence-corrected chi connectivity index (χ0v) is 15.3. The first-order chi connectivity index (χ1) is 13.0. The molecule has 0 aliphatic heterocycles. The predicted octanol–water partition coefficient (Wildman–Crippen LogP) is 3.79. The van der Waals surface area contributed by atoms with Crippen LogP contribution in [0.3, 0.4) is 0 Å². The Bertz CT molecular complexity index is 1030. The molecule has 2 aromatic carbocycles. The summed E-state index contributed by atoms with van der Waals surface area (Å²) in [4.78, 5) is 12.4. The molecule has 0 unspecified atom stereocenters. The third-order valence-corrected chi connectivity index (χ3v) is 3.87. The molecule has 3 rings (SSSR count). The summed E-state index contributed by atoms with van der Waals surface area (Å²) in [6.07, 6.45) is 0. The SMILES string of the molecule is COc1ccc2oc(C(=O)Nc3ccc(/C(C)=N\N=C(C)N)cc3)cc2c1. The van der Waals surface area contributed by atoms with E-state index < -0.39 is 0 Å². The van der Waals surface area contributed by atoms with E-state index in [1.165, 1.54) is 0 Å². The maximum absolute atomic E-state index is 12.4. The fraction of sp³-hybridized carbons (Fsp3) is 0.150. The molecule has 0 saturated carbocycles. The van der Waals surface area contributed by atoms with Crippen molar-refractivity contribution in [2.45, 2.75) is 13.8 Å². The predicted molar refractivity (Wildman–Crippen MR) is 107 cm³/mol. The number of carbonyl (C=O) groups excluding carboxylic acids is 1. The number of ether oxygens (including phenoxy) is 1. The average Bonchev–Trinajstić information content (AvgIpc) is 3.10. The van der Waals surface area contributed by atoms with Crippen LogP contribution in [-0.2, 0) is 0 Å². The number of benzene rings is 2. The second-order valence-corrected chi connectivity index (χ2v) is 5.97. The summed E-state index contributed by atoms with van der Waals surface area (Å²) in [5.41, 5.74) is 8.36. The highest BCUT2D eigenvalue weighted by atomic mass is 16.5. The minimum Gasteiger partial charge on any atom is -0.497 e. The summed E-state index contributed by atoms with van der Waals surface area (Å²) in [5.74, 6) is 0.998. The average molecular weight is 364 g/mol. The van der Waals surface area contributed by atoms with Crippen LogP contribution in [0.4, 0.5) is 5.69 Å². The van der Waals surface area contributed by atoms with Crippen molar-refractivity contribution in [1.29, 1.82) is 0 Å². The van der Waals surface area contributed by atoms with Gasteiger partial charge in [0.15, 0.2) is 5.76 Å². The smallest absolute Gasteiger partial charge is 0.291 e. The van der Waals surface area contributed by atoms with Crippen LogP contribution in [0.5, 0.6) is 5.75 Å². The summed E-state index contributed by atoms with van der Waals surface area (Å²) < 4.78 is 10.8. The number of furan rings is 1. The van der Waals surface area contributed by atoms with Gasteiger partial charge >= 0.3 is 0 Å². The highest BCUT2D eigenvalue weighted by molar-refractivity contribution is 6.05. The molecule has 27 heavy (non-hydrogen) atoms. The largest absolute Gasteiger partial charge is 0.497 e. The third kappa shape index (κ3) is 4.33. The van der Waals surface area contributed by atoms with Crippen LogP contribution in [0, 0.1) is 0 Å². The van der Waals surface area contributed by atoms with Crippen LogP contribution in [0.15, 0.2) is 63.2 Å². The lowest BCUT2D eigenvalue weighted by Gasteiger charge is -2.04. The van der Waals surface area contributed by atoms with E-state index in [0.717, 1.165) is 16.7 Å². The molecule has 1 amide bonds. The standard InChI is InChI=1S/C20H20N4O3/c1-12(23-24-13(2)21)14-4-6-16(7-5-14)22-20(25)19-11-15-10-17(26-3)8-9-18(15)27-19/h4-11H,1-3H3,(H2,21,24)(H,22,25)/b23-12-. The molecule has 3 N–H and O–H groups in total. The minimum absolute atomic E-state index is 0.229. The fourth-order valence-electron chi connectivity index (χ4n) is 2.46. The number of hydrogen-bond donors (Lipinski definition) is 2. The van der Waals surface area contributed by atoms with Gasteiger partial charge in [0, 0.05) is 11.1 Å². The lowest BCUT2D eigenvalue weighted by Crippen LogP contribution is -2.10. The van der Waals surface area contributed by atoms with E-state index in [-0.39, 0.29) is 11.7 Å². The van der Waals surface area contributed by atoms with Crippen LogP contribution in [0.2, 0.25) is 0 Å². The molecule has 0 fully saturated rings. The minimum atomic E-state index is -0.327. The molecule has 0 atom stereocenters. The van der Waals surface area contributed by atoms with Crippen LogP contribution < -0.4 is 15.8 Å². The normalized spacial score (nSPS) is 12.3. The number of anilines is 1. The van der Waals surface area contributed by atoms with Crippen LogP contribution >= 0.6 is 0 Å². The molecule has 7 nitrogen and oxygen atoms in total. The van der Waals surface area contributed by atoms with Crippen molar-refractivity contribution < 1.29 is 13.9 Å². The Morgan fingerprint density at radius 2 is 1.81 bits per heavy atom. The van der Waals surface area contributed by atoms with Crippen molar-refractivity contribution in [3.05, 3.63) is 59.9 Å². The fourth-order valence-corrected chi connectivity index (χ4v) is 2.46. The van der Waals surface area contributed by atoms with Crippen LogP contribution in [-0.4, -0.2) is 24.6 Å². The van der Waals surface area contributed by atoms with E-state index in [2.05, 4.69) is 15.5 Å². The van der Waals surface area contributed by atoms with E-state index in [4.69, 9.17) is 14.9 Å². The van der Waals surface area contributed by atoms with Gasteiger partial charge in [-0.15, -0.1) is 5.10 Å².